The third-order valence-electron chi connectivity index (χ3n) is 5.08. The van der Waals surface area contributed by atoms with E-state index >= 15 is 0 Å². The van der Waals surface area contributed by atoms with E-state index in [-0.39, 0.29) is 5.91 Å². The van der Waals surface area contributed by atoms with Crippen molar-refractivity contribution in [3.8, 4) is 0 Å². The van der Waals surface area contributed by atoms with Crippen molar-refractivity contribution in [2.45, 2.75) is 26.4 Å². The number of aromatic amines is 1. The number of amides is 1. The molecule has 4 rings (SSSR count). The first-order valence-electron chi connectivity index (χ1n) is 9.18. The predicted octanol–water partition coefficient (Wildman–Crippen LogP) is 1.45. The van der Waals surface area contributed by atoms with Crippen LogP contribution in [-0.4, -0.2) is 53.9 Å². The summed E-state index contributed by atoms with van der Waals surface area (Å²) in [5, 5.41) is 13.6. The van der Waals surface area contributed by atoms with Gasteiger partial charge in [-0.2, -0.15) is 5.10 Å². The lowest BCUT2D eigenvalue weighted by atomic mass is 10.1. The Hall–Kier alpha value is -2.22. The molecule has 3 N–H and O–H groups in total. The van der Waals surface area contributed by atoms with Gasteiger partial charge >= 0.3 is 0 Å². The summed E-state index contributed by atoms with van der Waals surface area (Å²) in [5.41, 5.74) is 5.62. The van der Waals surface area contributed by atoms with E-state index in [1.807, 2.05) is 6.92 Å². The molecule has 0 saturated carbocycles. The molecule has 0 atom stereocenters. The quantitative estimate of drug-likeness (QED) is 0.773. The first-order chi connectivity index (χ1) is 12.7. The van der Waals surface area contributed by atoms with Crippen LogP contribution < -0.4 is 10.6 Å². The monoisotopic (exact) mass is 355 g/mol. The van der Waals surface area contributed by atoms with Crippen LogP contribution in [0.4, 0.5) is 5.69 Å². The van der Waals surface area contributed by atoms with Gasteiger partial charge in [-0.1, -0.05) is 12.1 Å². The summed E-state index contributed by atoms with van der Waals surface area (Å²) in [5.74, 6) is -0.155. The third kappa shape index (κ3) is 3.65. The van der Waals surface area contributed by atoms with Gasteiger partial charge in [-0.15, -0.1) is 0 Å². The molecule has 0 spiro atoms. The third-order valence-corrected chi connectivity index (χ3v) is 5.08. The number of aryl methyl sites for hydroxylation is 1. The van der Waals surface area contributed by atoms with Crippen LogP contribution in [-0.2, 0) is 24.2 Å². The van der Waals surface area contributed by atoms with Crippen molar-refractivity contribution in [2.75, 3.05) is 38.2 Å². The number of anilines is 1. The Labute approximate surface area is 153 Å². The molecule has 2 aliphatic rings. The molecule has 1 aromatic carbocycles. The van der Waals surface area contributed by atoms with Gasteiger partial charge in [0.15, 0.2) is 5.69 Å². The number of benzene rings is 1. The van der Waals surface area contributed by atoms with Crippen molar-refractivity contribution in [3.63, 3.8) is 0 Å². The number of morpholine rings is 1. The van der Waals surface area contributed by atoms with E-state index in [0.29, 0.717) is 12.2 Å². The molecule has 3 heterocycles. The Balaban J connectivity index is 1.49. The summed E-state index contributed by atoms with van der Waals surface area (Å²) in [6, 6.07) is 6.26. The molecule has 0 aliphatic carbocycles. The topological polar surface area (TPSA) is 82.3 Å². The highest BCUT2D eigenvalue weighted by atomic mass is 16.5. The largest absolute Gasteiger partial charge is 0.379 e. The van der Waals surface area contributed by atoms with E-state index in [4.69, 9.17) is 4.74 Å². The molecule has 7 nitrogen and oxygen atoms in total. The molecule has 2 aromatic rings. The van der Waals surface area contributed by atoms with Gasteiger partial charge in [0.25, 0.3) is 5.91 Å². The molecule has 0 radical (unpaired) electrons. The second-order valence-electron chi connectivity index (χ2n) is 6.95. The van der Waals surface area contributed by atoms with Crippen LogP contribution in [0.2, 0.25) is 0 Å². The molecule has 7 heteroatoms. The van der Waals surface area contributed by atoms with Crippen molar-refractivity contribution in [3.05, 3.63) is 46.3 Å². The van der Waals surface area contributed by atoms with Crippen LogP contribution in [0.1, 0.15) is 32.9 Å². The summed E-state index contributed by atoms with van der Waals surface area (Å²) in [4.78, 5) is 15.1. The van der Waals surface area contributed by atoms with Crippen LogP contribution in [0.25, 0.3) is 0 Å². The minimum atomic E-state index is -0.155. The van der Waals surface area contributed by atoms with E-state index in [2.05, 4.69) is 43.9 Å². The maximum atomic E-state index is 12.8. The minimum absolute atomic E-state index is 0.155. The number of H-pyrrole nitrogens is 1. The Morgan fingerprint density at radius 1 is 1.35 bits per heavy atom. The smallest absolute Gasteiger partial charge is 0.276 e. The van der Waals surface area contributed by atoms with E-state index in [0.717, 1.165) is 68.3 Å². The van der Waals surface area contributed by atoms with E-state index in [9.17, 15) is 4.79 Å². The fourth-order valence-corrected chi connectivity index (χ4v) is 3.51. The highest BCUT2D eigenvalue weighted by molar-refractivity contribution is 6.04. The Bertz CT molecular complexity index is 795. The summed E-state index contributed by atoms with van der Waals surface area (Å²) < 4.78 is 5.41. The van der Waals surface area contributed by atoms with Crippen molar-refractivity contribution in [1.82, 2.24) is 20.4 Å². The number of aromatic nitrogens is 2. The number of hydrogen-bond acceptors (Lipinski definition) is 5. The zero-order valence-electron chi connectivity index (χ0n) is 15.1. The number of hydrogen-bond donors (Lipinski definition) is 3. The van der Waals surface area contributed by atoms with Gasteiger partial charge in [0.1, 0.15) is 0 Å². The Morgan fingerprint density at radius 3 is 3.04 bits per heavy atom. The number of rotatable bonds is 4. The van der Waals surface area contributed by atoms with Gasteiger partial charge in [-0.25, -0.2) is 0 Å². The summed E-state index contributed by atoms with van der Waals surface area (Å²) in [6.45, 7) is 7.94. The van der Waals surface area contributed by atoms with Crippen LogP contribution >= 0.6 is 0 Å². The highest BCUT2D eigenvalue weighted by Crippen LogP contribution is 2.21. The first-order valence-corrected chi connectivity index (χ1v) is 9.18. The second kappa shape index (κ2) is 7.57. The molecule has 2 aliphatic heterocycles. The molecule has 138 valence electrons. The minimum Gasteiger partial charge on any atom is -0.379 e. The van der Waals surface area contributed by atoms with Gasteiger partial charge in [0, 0.05) is 56.1 Å². The highest BCUT2D eigenvalue weighted by Gasteiger charge is 2.22. The molecular formula is C19H25N5O2. The normalized spacial score (nSPS) is 17.7. The fraction of sp³-hybridized carbons (Fsp3) is 0.474. The number of carbonyl (C=O) groups excluding carboxylic acids is 1. The van der Waals surface area contributed by atoms with E-state index < -0.39 is 0 Å². The lowest BCUT2D eigenvalue weighted by molar-refractivity contribution is 0.0342. The summed E-state index contributed by atoms with van der Waals surface area (Å²) >= 11 is 0. The maximum Gasteiger partial charge on any atom is 0.276 e. The summed E-state index contributed by atoms with van der Waals surface area (Å²) in [6.07, 6.45) is 0.879. The Morgan fingerprint density at radius 2 is 2.19 bits per heavy atom. The van der Waals surface area contributed by atoms with Crippen LogP contribution in [0.15, 0.2) is 18.2 Å². The Kier molecular flexibility index (Phi) is 5.01. The van der Waals surface area contributed by atoms with Crippen LogP contribution in [0, 0.1) is 6.92 Å². The van der Waals surface area contributed by atoms with Gasteiger partial charge < -0.3 is 15.4 Å². The van der Waals surface area contributed by atoms with Gasteiger partial charge in [0.2, 0.25) is 0 Å². The number of nitrogens with zero attached hydrogens (tertiary/aromatic N) is 2. The maximum absolute atomic E-state index is 12.8. The van der Waals surface area contributed by atoms with Gasteiger partial charge in [0.05, 0.1) is 13.2 Å². The zero-order chi connectivity index (χ0) is 17.9. The second-order valence-corrected chi connectivity index (χ2v) is 6.95. The van der Waals surface area contributed by atoms with Gasteiger partial charge in [-0.3, -0.25) is 14.8 Å². The molecule has 1 aromatic heterocycles. The van der Waals surface area contributed by atoms with Crippen molar-refractivity contribution < 1.29 is 9.53 Å². The van der Waals surface area contributed by atoms with Crippen molar-refractivity contribution >= 4 is 11.6 Å². The average Bonchev–Trinajstić information content (AvgIpc) is 3.09. The van der Waals surface area contributed by atoms with Crippen LogP contribution in [0.5, 0.6) is 0 Å². The van der Waals surface area contributed by atoms with E-state index in [1.165, 1.54) is 5.56 Å². The summed E-state index contributed by atoms with van der Waals surface area (Å²) in [7, 11) is 0. The average molecular weight is 355 g/mol. The van der Waals surface area contributed by atoms with Crippen molar-refractivity contribution in [1.29, 1.82) is 0 Å². The number of carbonyl (C=O) groups is 1. The molecule has 26 heavy (non-hydrogen) atoms. The standard InChI is InChI=1S/C19H25N5O2/c1-13-2-3-14(12-24-6-8-26-9-7-24)10-17(13)21-19(25)18-15-11-20-5-4-16(15)22-23-18/h2-3,10,20H,4-9,11-12H2,1H3,(H,21,25)(H,22,23). The molecule has 0 bridgehead atoms. The number of ether oxygens (including phenoxy) is 1. The molecule has 1 fully saturated rings. The lowest BCUT2D eigenvalue weighted by Gasteiger charge is -2.26. The molecular weight excluding hydrogens is 330 g/mol. The molecule has 1 saturated heterocycles. The molecule has 1 amide bonds. The first kappa shape index (κ1) is 17.2. The SMILES string of the molecule is Cc1ccc(CN2CCOCC2)cc1NC(=O)c1n[nH]c2c1CNCC2. The predicted molar refractivity (Wildman–Crippen MR) is 99.2 cm³/mol. The number of fused-ring (bicyclic) bond motifs is 1. The van der Waals surface area contributed by atoms with Crippen LogP contribution in [0.3, 0.4) is 0 Å². The molecule has 0 unspecified atom stereocenters. The van der Waals surface area contributed by atoms with Crippen molar-refractivity contribution in [2.24, 2.45) is 0 Å². The van der Waals surface area contributed by atoms with Gasteiger partial charge in [-0.05, 0) is 24.1 Å². The zero-order valence-corrected chi connectivity index (χ0v) is 15.1. The van der Waals surface area contributed by atoms with E-state index in [1.54, 1.807) is 0 Å². The lowest BCUT2D eigenvalue weighted by Crippen LogP contribution is -2.35. The fourth-order valence-electron chi connectivity index (χ4n) is 3.51. The number of nitrogens with one attached hydrogen (secondary N) is 3.